The van der Waals surface area contributed by atoms with Crippen LogP contribution in [0.4, 0.5) is 0 Å². The Morgan fingerprint density at radius 1 is 1.15 bits per heavy atom. The van der Waals surface area contributed by atoms with Gasteiger partial charge in [0.15, 0.2) is 0 Å². The van der Waals surface area contributed by atoms with Crippen LogP contribution < -0.4 is 0 Å². The Labute approximate surface area is 121 Å². The van der Waals surface area contributed by atoms with Crippen molar-refractivity contribution in [3.8, 4) is 0 Å². The number of ether oxygens (including phenoxy) is 3. The monoisotopic (exact) mass is 282 g/mol. The van der Waals surface area contributed by atoms with Crippen molar-refractivity contribution in [1.29, 1.82) is 0 Å². The summed E-state index contributed by atoms with van der Waals surface area (Å²) >= 11 is 0. The molecule has 0 saturated heterocycles. The summed E-state index contributed by atoms with van der Waals surface area (Å²) in [5.74, 6) is -0.571. The molecule has 0 aromatic carbocycles. The molecule has 4 nitrogen and oxygen atoms in total. The van der Waals surface area contributed by atoms with E-state index in [0.29, 0.717) is 44.0 Å². The van der Waals surface area contributed by atoms with Gasteiger partial charge < -0.3 is 14.2 Å². The molecular weight excluding hydrogens is 256 g/mol. The number of carbonyl (C=O) groups is 1. The predicted octanol–water partition coefficient (Wildman–Crippen LogP) is 3.38. The second kappa shape index (κ2) is 7.60. The highest BCUT2D eigenvalue weighted by molar-refractivity contribution is 6.04. The number of Topliss-reactive ketones (excluding diaryl/α,β-unsaturated/α-hetero) is 1. The summed E-state index contributed by atoms with van der Waals surface area (Å²) in [7, 11) is 0. The average Bonchev–Trinajstić information content (AvgIpc) is 2.62. The van der Waals surface area contributed by atoms with E-state index in [9.17, 15) is 4.79 Å². The van der Waals surface area contributed by atoms with E-state index in [4.69, 9.17) is 14.2 Å². The molecule has 0 aromatic rings. The molecule has 0 fully saturated rings. The maximum Gasteiger partial charge on any atom is 0.240 e. The van der Waals surface area contributed by atoms with Crippen molar-refractivity contribution >= 4 is 5.78 Å². The van der Waals surface area contributed by atoms with E-state index in [1.54, 1.807) is 0 Å². The molecule has 0 spiro atoms. The Balaban J connectivity index is 3.05. The molecule has 1 rings (SSSR count). The lowest BCUT2D eigenvalue weighted by Gasteiger charge is -2.27. The van der Waals surface area contributed by atoms with Gasteiger partial charge in [-0.15, -0.1) is 0 Å². The summed E-state index contributed by atoms with van der Waals surface area (Å²) < 4.78 is 16.9. The van der Waals surface area contributed by atoms with Gasteiger partial charge in [0.2, 0.25) is 11.6 Å². The molecule has 0 N–H and O–H groups in total. The van der Waals surface area contributed by atoms with Gasteiger partial charge in [-0.25, -0.2) is 0 Å². The predicted molar refractivity (Wildman–Crippen MR) is 78.3 cm³/mol. The van der Waals surface area contributed by atoms with Gasteiger partial charge in [-0.3, -0.25) is 4.79 Å². The van der Waals surface area contributed by atoms with Gasteiger partial charge in [-0.2, -0.15) is 0 Å². The summed E-state index contributed by atoms with van der Waals surface area (Å²) in [6, 6.07) is 0. The highest BCUT2D eigenvalue weighted by Gasteiger charge is 2.49. The van der Waals surface area contributed by atoms with E-state index in [-0.39, 0.29) is 5.78 Å². The fourth-order valence-electron chi connectivity index (χ4n) is 2.32. The maximum atomic E-state index is 12.7. The first-order valence-corrected chi connectivity index (χ1v) is 7.31. The minimum Gasteiger partial charge on any atom is -0.498 e. The fourth-order valence-corrected chi connectivity index (χ4v) is 2.32. The second-order valence-electron chi connectivity index (χ2n) is 4.95. The Morgan fingerprint density at radius 3 is 2.20 bits per heavy atom. The van der Waals surface area contributed by atoms with Gasteiger partial charge in [0.05, 0.1) is 13.0 Å². The quantitative estimate of drug-likeness (QED) is 0.506. The van der Waals surface area contributed by atoms with Crippen LogP contribution in [0.3, 0.4) is 0 Å². The largest absolute Gasteiger partial charge is 0.498 e. The third kappa shape index (κ3) is 3.70. The Kier molecular flexibility index (Phi) is 6.43. The van der Waals surface area contributed by atoms with Crippen molar-refractivity contribution in [3.05, 3.63) is 23.0 Å². The highest BCUT2D eigenvalue weighted by Crippen LogP contribution is 2.38. The van der Waals surface area contributed by atoms with Crippen LogP contribution in [-0.4, -0.2) is 31.4 Å². The van der Waals surface area contributed by atoms with Gasteiger partial charge >= 0.3 is 0 Å². The molecule has 0 amide bonds. The van der Waals surface area contributed by atoms with E-state index in [1.165, 1.54) is 5.57 Å². The van der Waals surface area contributed by atoms with Crippen molar-refractivity contribution in [2.24, 2.45) is 0 Å². The van der Waals surface area contributed by atoms with Crippen LogP contribution in [0.1, 0.15) is 47.5 Å². The smallest absolute Gasteiger partial charge is 0.240 e. The molecule has 0 heterocycles. The van der Waals surface area contributed by atoms with E-state index < -0.39 is 5.79 Å². The molecule has 4 heteroatoms. The van der Waals surface area contributed by atoms with Crippen molar-refractivity contribution in [1.82, 2.24) is 0 Å². The van der Waals surface area contributed by atoms with E-state index in [0.717, 1.165) is 0 Å². The van der Waals surface area contributed by atoms with Crippen LogP contribution in [0.25, 0.3) is 0 Å². The summed E-state index contributed by atoms with van der Waals surface area (Å²) in [4.78, 5) is 12.7. The van der Waals surface area contributed by atoms with Crippen LogP contribution in [0, 0.1) is 0 Å². The molecule has 0 radical (unpaired) electrons. The van der Waals surface area contributed by atoms with Crippen LogP contribution in [0.15, 0.2) is 23.0 Å². The van der Waals surface area contributed by atoms with Crippen molar-refractivity contribution < 1.29 is 19.0 Å². The maximum absolute atomic E-state index is 12.7. The first kappa shape index (κ1) is 16.9. The van der Waals surface area contributed by atoms with Gasteiger partial charge in [0.25, 0.3) is 0 Å². The average molecular weight is 282 g/mol. The Morgan fingerprint density at radius 2 is 1.75 bits per heavy atom. The summed E-state index contributed by atoms with van der Waals surface area (Å²) in [5.41, 5.74) is 1.85. The third-order valence-corrected chi connectivity index (χ3v) is 3.14. The molecule has 0 aliphatic heterocycles. The molecule has 1 aliphatic rings. The van der Waals surface area contributed by atoms with E-state index >= 15 is 0 Å². The van der Waals surface area contributed by atoms with Crippen LogP contribution in [0.2, 0.25) is 0 Å². The van der Waals surface area contributed by atoms with Crippen LogP contribution in [0.5, 0.6) is 0 Å². The number of rotatable bonds is 8. The fraction of sp³-hybridized carbons (Fsp3) is 0.688. The van der Waals surface area contributed by atoms with Crippen LogP contribution in [-0.2, 0) is 19.0 Å². The van der Waals surface area contributed by atoms with Gasteiger partial charge in [0.1, 0.15) is 5.76 Å². The molecule has 20 heavy (non-hydrogen) atoms. The van der Waals surface area contributed by atoms with E-state index in [1.807, 2.05) is 40.7 Å². The standard InChI is InChI=1S/C16H26O4/c1-6-18-14-11-16(19-7-2,20-8-3)15(17)13(14)10-9-12(4)5/h9H,6-8,10-11H2,1-5H3. The zero-order chi connectivity index (χ0) is 15.2. The number of allylic oxidation sites excluding steroid dienone is 2. The van der Waals surface area contributed by atoms with Gasteiger partial charge in [-0.05, 0) is 41.0 Å². The Hall–Kier alpha value is -1.13. The zero-order valence-electron chi connectivity index (χ0n) is 13.2. The Bertz CT molecular complexity index is 397. The number of hydrogen-bond acceptors (Lipinski definition) is 4. The highest BCUT2D eigenvalue weighted by atomic mass is 16.7. The molecule has 0 unspecified atom stereocenters. The minimum absolute atomic E-state index is 0.0952. The topological polar surface area (TPSA) is 44.8 Å². The summed E-state index contributed by atoms with van der Waals surface area (Å²) in [6.07, 6.45) is 2.96. The minimum atomic E-state index is -1.18. The third-order valence-electron chi connectivity index (χ3n) is 3.14. The number of ketones is 1. The lowest BCUT2D eigenvalue weighted by molar-refractivity contribution is -0.220. The number of hydrogen-bond donors (Lipinski definition) is 0. The molecule has 1 aliphatic carbocycles. The van der Waals surface area contributed by atoms with E-state index in [2.05, 4.69) is 0 Å². The zero-order valence-corrected chi connectivity index (χ0v) is 13.2. The molecule has 114 valence electrons. The van der Waals surface area contributed by atoms with Crippen LogP contribution >= 0.6 is 0 Å². The SMILES string of the molecule is CCOC1=C(CC=C(C)C)C(=O)C(OCC)(OCC)C1. The first-order valence-electron chi connectivity index (χ1n) is 7.31. The molecule has 0 aromatic heterocycles. The molecule has 0 saturated carbocycles. The lowest BCUT2D eigenvalue weighted by Crippen LogP contribution is -2.42. The number of carbonyl (C=O) groups excluding carboxylic acids is 1. The lowest BCUT2D eigenvalue weighted by atomic mass is 10.1. The van der Waals surface area contributed by atoms with Crippen molar-refractivity contribution in [2.75, 3.05) is 19.8 Å². The normalized spacial score (nSPS) is 17.6. The van der Waals surface area contributed by atoms with Crippen molar-refractivity contribution in [2.45, 2.75) is 53.2 Å². The summed E-state index contributed by atoms with van der Waals surface area (Å²) in [5, 5.41) is 0. The summed E-state index contributed by atoms with van der Waals surface area (Å²) in [6.45, 7) is 11.1. The first-order chi connectivity index (χ1) is 9.50. The molecule has 0 atom stereocenters. The van der Waals surface area contributed by atoms with Gasteiger partial charge in [-0.1, -0.05) is 11.6 Å². The second-order valence-corrected chi connectivity index (χ2v) is 4.95. The molecular formula is C16H26O4. The van der Waals surface area contributed by atoms with Gasteiger partial charge in [0, 0.05) is 18.8 Å². The molecule has 0 bridgehead atoms. The van der Waals surface area contributed by atoms with Crippen molar-refractivity contribution in [3.63, 3.8) is 0 Å².